The number of allylic oxidation sites excluding steroid dienone is 1. The van der Waals surface area contributed by atoms with Gasteiger partial charge in [0.25, 0.3) is 0 Å². The van der Waals surface area contributed by atoms with Crippen LogP contribution in [0.2, 0.25) is 0 Å². The van der Waals surface area contributed by atoms with E-state index in [4.69, 9.17) is 29.4 Å². The summed E-state index contributed by atoms with van der Waals surface area (Å²) in [5, 5.41) is 11.0. The Labute approximate surface area is 241 Å². The van der Waals surface area contributed by atoms with Crippen LogP contribution < -0.4 is 5.73 Å². The third-order valence-electron chi connectivity index (χ3n) is 7.28. The average molecular weight is 585 g/mol. The summed E-state index contributed by atoms with van der Waals surface area (Å²) in [5.41, 5.74) is 7.62. The number of benzene rings is 1. The number of H-pyrrole nitrogens is 1. The first-order valence-corrected chi connectivity index (χ1v) is 12.7. The first-order chi connectivity index (χ1) is 20.1. The fourth-order valence-corrected chi connectivity index (χ4v) is 5.34. The minimum absolute atomic E-state index is 0.0734. The second kappa shape index (κ2) is 13.7. The van der Waals surface area contributed by atoms with Crippen molar-refractivity contribution < 1.29 is 47.7 Å². The van der Waals surface area contributed by atoms with Crippen LogP contribution >= 0.6 is 0 Å². The molecule has 0 bridgehead atoms. The number of ether oxygens (including phenoxy) is 5. The van der Waals surface area contributed by atoms with Gasteiger partial charge < -0.3 is 34.4 Å². The number of carbonyl (C=O) groups is 5. The van der Waals surface area contributed by atoms with E-state index >= 15 is 0 Å². The minimum atomic E-state index is -1.86. The highest BCUT2D eigenvalue weighted by Crippen LogP contribution is 2.43. The highest BCUT2D eigenvalue weighted by molar-refractivity contribution is 5.98. The number of nitrogens with zero attached hydrogens (tertiary/aromatic N) is 2. The number of nitrogens with two attached hydrogens (primary N) is 1. The molecule has 0 fully saturated rings. The van der Waals surface area contributed by atoms with Crippen molar-refractivity contribution in [2.24, 2.45) is 29.4 Å². The largest absolute Gasteiger partial charge is 0.468 e. The van der Waals surface area contributed by atoms with E-state index in [1.54, 1.807) is 6.20 Å². The molecular weight excluding hydrogens is 552 g/mol. The number of esters is 4. The lowest BCUT2D eigenvalue weighted by Gasteiger charge is -2.45. The average Bonchev–Trinajstić information content (AvgIpc) is 3.42. The standard InChI is InChI=1S/C28H32N4O10/c1-38-24-20(22(27(36)41-4)28(37)42-5)19(21(25(34)39-2)26(35)40-3)15(11-29)13-32(24)23(33)17(30)10-14-12-31-18-9-7-6-8-16(14)18/h6-9,12-13,17,19-22,24,31H,10,30H2,1-5H3/t17-,19+,20+,24+/m0/s1. The van der Waals surface area contributed by atoms with Crippen LogP contribution in [0.4, 0.5) is 0 Å². The summed E-state index contributed by atoms with van der Waals surface area (Å²) in [6.45, 7) is 0. The van der Waals surface area contributed by atoms with Gasteiger partial charge in [-0.25, -0.2) is 0 Å². The van der Waals surface area contributed by atoms with E-state index in [9.17, 15) is 29.2 Å². The second-order valence-electron chi connectivity index (χ2n) is 9.39. The lowest BCUT2D eigenvalue weighted by atomic mass is 9.68. The molecule has 42 heavy (non-hydrogen) atoms. The molecule has 1 aromatic heterocycles. The maximum absolute atomic E-state index is 13.8. The van der Waals surface area contributed by atoms with Gasteiger partial charge in [0.2, 0.25) is 5.91 Å². The fraction of sp³-hybridized carbons (Fsp3) is 0.429. The molecule has 0 saturated carbocycles. The number of methoxy groups -OCH3 is 5. The number of para-hydroxylation sites is 1. The molecule has 1 aliphatic rings. The van der Waals surface area contributed by atoms with Gasteiger partial charge in [-0.05, 0) is 18.1 Å². The Bertz CT molecular complexity index is 1400. The van der Waals surface area contributed by atoms with E-state index in [1.165, 1.54) is 7.11 Å². The number of hydrogen-bond donors (Lipinski definition) is 2. The SMILES string of the molecule is COC(=O)C(C(=O)OC)[C@@H]1[C@@H](OC)N(C(=O)[C@@H](N)Cc2c[nH]c3ccccc23)C=C(C#N)[C@H]1C(C(=O)OC)C(=O)OC. The second-order valence-corrected chi connectivity index (χ2v) is 9.39. The van der Waals surface area contributed by atoms with Crippen LogP contribution in [0, 0.1) is 35.0 Å². The summed E-state index contributed by atoms with van der Waals surface area (Å²) in [6, 6.07) is 8.11. The van der Waals surface area contributed by atoms with Gasteiger partial charge in [-0.15, -0.1) is 0 Å². The van der Waals surface area contributed by atoms with Crippen molar-refractivity contribution in [1.29, 1.82) is 5.26 Å². The van der Waals surface area contributed by atoms with E-state index in [0.29, 0.717) is 0 Å². The van der Waals surface area contributed by atoms with Crippen molar-refractivity contribution in [1.82, 2.24) is 9.88 Å². The van der Waals surface area contributed by atoms with Gasteiger partial charge in [-0.2, -0.15) is 5.26 Å². The van der Waals surface area contributed by atoms with Crippen LogP contribution in [-0.4, -0.2) is 87.5 Å². The molecule has 0 aliphatic carbocycles. The number of aromatic amines is 1. The number of hydrogen-bond acceptors (Lipinski definition) is 12. The summed E-state index contributed by atoms with van der Waals surface area (Å²) >= 11 is 0. The van der Waals surface area contributed by atoms with Crippen LogP contribution in [0.15, 0.2) is 42.2 Å². The van der Waals surface area contributed by atoms with E-state index in [-0.39, 0.29) is 12.0 Å². The van der Waals surface area contributed by atoms with Crippen molar-refractivity contribution in [3.05, 3.63) is 47.8 Å². The summed E-state index contributed by atoms with van der Waals surface area (Å²) in [6.07, 6.45) is 1.37. The number of amides is 1. The molecule has 0 unspecified atom stereocenters. The summed E-state index contributed by atoms with van der Waals surface area (Å²) in [5.74, 6) is -12.0. The van der Waals surface area contributed by atoms with Crippen molar-refractivity contribution >= 4 is 40.7 Å². The molecule has 3 rings (SSSR count). The van der Waals surface area contributed by atoms with Crippen LogP contribution in [-0.2, 0) is 54.1 Å². The first kappa shape index (κ1) is 31.8. The minimum Gasteiger partial charge on any atom is -0.468 e. The van der Waals surface area contributed by atoms with Crippen molar-refractivity contribution in [3.8, 4) is 6.07 Å². The monoisotopic (exact) mass is 584 g/mol. The van der Waals surface area contributed by atoms with E-state index in [0.717, 1.165) is 56.0 Å². The van der Waals surface area contributed by atoms with Gasteiger partial charge in [-0.3, -0.25) is 28.9 Å². The Balaban J connectivity index is 2.19. The third-order valence-corrected chi connectivity index (χ3v) is 7.28. The zero-order valence-corrected chi connectivity index (χ0v) is 23.7. The number of rotatable bonds is 10. The Morgan fingerprint density at radius 2 is 1.48 bits per heavy atom. The predicted octanol–water partition coefficient (Wildman–Crippen LogP) is 0.417. The maximum Gasteiger partial charge on any atom is 0.320 e. The van der Waals surface area contributed by atoms with Crippen LogP contribution in [0.25, 0.3) is 10.9 Å². The van der Waals surface area contributed by atoms with Crippen molar-refractivity contribution in [2.45, 2.75) is 18.7 Å². The van der Waals surface area contributed by atoms with Crippen LogP contribution in [0.3, 0.4) is 0 Å². The molecule has 1 aromatic carbocycles. The zero-order valence-electron chi connectivity index (χ0n) is 23.7. The Morgan fingerprint density at radius 3 is 2.00 bits per heavy atom. The molecular formula is C28H32N4O10. The highest BCUT2D eigenvalue weighted by atomic mass is 16.6. The Hall–Kier alpha value is -4.74. The molecule has 1 amide bonds. The molecule has 224 valence electrons. The normalized spacial score (nSPS) is 19.1. The lowest BCUT2D eigenvalue weighted by molar-refractivity contribution is -0.182. The smallest absolute Gasteiger partial charge is 0.320 e. The maximum atomic E-state index is 13.8. The van der Waals surface area contributed by atoms with Gasteiger partial charge >= 0.3 is 23.9 Å². The van der Waals surface area contributed by atoms with Crippen molar-refractivity contribution in [3.63, 3.8) is 0 Å². The number of aromatic nitrogens is 1. The number of nitrogens with one attached hydrogen (secondary N) is 1. The van der Waals surface area contributed by atoms with Gasteiger partial charge in [0, 0.05) is 42.2 Å². The number of fused-ring (bicyclic) bond motifs is 1. The summed E-state index contributed by atoms with van der Waals surface area (Å²) < 4.78 is 24.9. The van der Waals surface area contributed by atoms with Crippen molar-refractivity contribution in [2.75, 3.05) is 35.5 Å². The van der Waals surface area contributed by atoms with Crippen LogP contribution in [0.1, 0.15) is 5.56 Å². The summed E-state index contributed by atoms with van der Waals surface area (Å²) in [7, 11) is 5.23. The molecule has 4 atom stereocenters. The van der Waals surface area contributed by atoms with Gasteiger partial charge in [0.05, 0.1) is 46.1 Å². The Kier molecular flexibility index (Phi) is 10.4. The molecule has 14 heteroatoms. The lowest BCUT2D eigenvalue weighted by Crippen LogP contribution is -2.59. The summed E-state index contributed by atoms with van der Waals surface area (Å²) in [4.78, 5) is 69.7. The highest BCUT2D eigenvalue weighted by Gasteiger charge is 2.57. The van der Waals surface area contributed by atoms with Crippen LogP contribution in [0.5, 0.6) is 0 Å². The molecule has 2 aromatic rings. The zero-order chi connectivity index (χ0) is 31.1. The Morgan fingerprint density at radius 1 is 0.929 bits per heavy atom. The first-order valence-electron chi connectivity index (χ1n) is 12.7. The van der Waals surface area contributed by atoms with Gasteiger partial charge in [0.15, 0.2) is 11.8 Å². The molecule has 2 heterocycles. The van der Waals surface area contributed by atoms with E-state index in [2.05, 4.69) is 4.98 Å². The molecule has 1 aliphatic heterocycles. The fourth-order valence-electron chi connectivity index (χ4n) is 5.34. The molecule has 0 radical (unpaired) electrons. The topological polar surface area (TPSA) is 200 Å². The molecule has 0 spiro atoms. The number of carbonyl (C=O) groups excluding carboxylic acids is 5. The molecule has 14 nitrogen and oxygen atoms in total. The van der Waals surface area contributed by atoms with E-state index < -0.39 is 65.7 Å². The molecule has 0 saturated heterocycles. The third kappa shape index (κ3) is 5.97. The van der Waals surface area contributed by atoms with Gasteiger partial charge in [0.1, 0.15) is 6.23 Å². The molecule has 3 N–H and O–H groups in total. The predicted molar refractivity (Wildman–Crippen MR) is 143 cm³/mol. The van der Waals surface area contributed by atoms with Gasteiger partial charge in [-0.1, -0.05) is 18.2 Å². The van der Waals surface area contributed by atoms with E-state index in [1.807, 2.05) is 30.3 Å². The number of nitriles is 1. The quantitative estimate of drug-likeness (QED) is 0.222.